The zero-order valence-corrected chi connectivity index (χ0v) is 15.7. The molecule has 134 valence electrons. The summed E-state index contributed by atoms with van der Waals surface area (Å²) in [4.78, 5) is 0. The Labute approximate surface area is 158 Å². The maximum Gasteiger partial charge on any atom is 0.159 e. The molecular formula is C25H23NO. The van der Waals surface area contributed by atoms with Gasteiger partial charge in [0.05, 0.1) is 11.0 Å². The van der Waals surface area contributed by atoms with Crippen LogP contribution < -0.4 is 0 Å². The highest BCUT2D eigenvalue weighted by Crippen LogP contribution is 2.42. The normalized spacial score (nSPS) is 16.2. The van der Waals surface area contributed by atoms with Gasteiger partial charge in [-0.25, -0.2) is 0 Å². The number of rotatable bonds is 1. The van der Waals surface area contributed by atoms with E-state index in [9.17, 15) is 0 Å². The first-order valence-electron chi connectivity index (χ1n) is 10.1. The van der Waals surface area contributed by atoms with Crippen LogP contribution in [0.4, 0.5) is 0 Å². The number of aryl methyl sites for hydroxylation is 1. The van der Waals surface area contributed by atoms with Gasteiger partial charge in [0.2, 0.25) is 0 Å². The smallest absolute Gasteiger partial charge is 0.159 e. The van der Waals surface area contributed by atoms with Gasteiger partial charge in [0.25, 0.3) is 0 Å². The fraction of sp³-hybridized carbons (Fsp3) is 0.280. The van der Waals surface area contributed by atoms with Crippen molar-refractivity contribution in [2.24, 2.45) is 7.05 Å². The van der Waals surface area contributed by atoms with Gasteiger partial charge in [-0.05, 0) is 36.5 Å². The van der Waals surface area contributed by atoms with Crippen molar-refractivity contribution in [3.63, 3.8) is 0 Å². The molecule has 0 aliphatic heterocycles. The summed E-state index contributed by atoms with van der Waals surface area (Å²) in [5.74, 6) is 0.691. The van der Waals surface area contributed by atoms with Crippen molar-refractivity contribution in [3.8, 4) is 0 Å². The number of benzene rings is 3. The van der Waals surface area contributed by atoms with Gasteiger partial charge in [0.1, 0.15) is 5.58 Å². The van der Waals surface area contributed by atoms with Crippen LogP contribution in [0.15, 0.2) is 59.0 Å². The van der Waals surface area contributed by atoms with Crippen molar-refractivity contribution in [1.82, 2.24) is 4.57 Å². The molecule has 1 aliphatic rings. The summed E-state index contributed by atoms with van der Waals surface area (Å²) in [5, 5.41) is 5.07. The average Bonchev–Trinajstić information content (AvgIpc) is 3.24. The van der Waals surface area contributed by atoms with Crippen LogP contribution in [-0.2, 0) is 7.05 Å². The van der Waals surface area contributed by atoms with Gasteiger partial charge in [-0.1, -0.05) is 61.7 Å². The van der Waals surface area contributed by atoms with E-state index in [0.29, 0.717) is 5.92 Å². The zero-order valence-electron chi connectivity index (χ0n) is 15.7. The lowest BCUT2D eigenvalue weighted by molar-refractivity contribution is 0.445. The Balaban J connectivity index is 1.74. The van der Waals surface area contributed by atoms with Gasteiger partial charge < -0.3 is 8.98 Å². The first-order chi connectivity index (χ1) is 13.3. The number of para-hydroxylation sites is 2. The summed E-state index contributed by atoms with van der Waals surface area (Å²) < 4.78 is 8.73. The molecule has 0 unspecified atom stereocenters. The predicted molar refractivity (Wildman–Crippen MR) is 114 cm³/mol. The Morgan fingerprint density at radius 1 is 0.741 bits per heavy atom. The van der Waals surface area contributed by atoms with Crippen molar-refractivity contribution >= 4 is 43.7 Å². The van der Waals surface area contributed by atoms with E-state index in [1.54, 1.807) is 0 Å². The first kappa shape index (κ1) is 15.3. The summed E-state index contributed by atoms with van der Waals surface area (Å²) in [6, 6.07) is 19.7. The molecule has 1 saturated carbocycles. The van der Waals surface area contributed by atoms with Crippen LogP contribution in [0.3, 0.4) is 0 Å². The molecule has 2 nitrogen and oxygen atoms in total. The summed E-state index contributed by atoms with van der Waals surface area (Å²) in [7, 11) is 2.21. The molecule has 0 N–H and O–H groups in total. The average molecular weight is 353 g/mol. The second-order valence-electron chi connectivity index (χ2n) is 8.07. The highest BCUT2D eigenvalue weighted by Gasteiger charge is 2.22. The van der Waals surface area contributed by atoms with Crippen LogP contribution in [0.2, 0.25) is 0 Å². The number of aromatic nitrogens is 1. The van der Waals surface area contributed by atoms with E-state index in [4.69, 9.17) is 4.42 Å². The molecule has 0 atom stereocenters. The topological polar surface area (TPSA) is 18.1 Å². The van der Waals surface area contributed by atoms with Gasteiger partial charge in [-0.3, -0.25) is 0 Å². The second kappa shape index (κ2) is 5.63. The molecular weight excluding hydrogens is 330 g/mol. The third-order valence-corrected chi connectivity index (χ3v) is 6.59. The van der Waals surface area contributed by atoms with E-state index in [1.807, 2.05) is 6.07 Å². The van der Waals surface area contributed by atoms with E-state index in [-0.39, 0.29) is 0 Å². The fourth-order valence-corrected chi connectivity index (χ4v) is 5.33. The fourth-order valence-electron chi connectivity index (χ4n) is 5.33. The molecule has 2 heterocycles. The molecule has 1 aliphatic carbocycles. The van der Waals surface area contributed by atoms with Gasteiger partial charge >= 0.3 is 0 Å². The molecule has 5 aromatic rings. The molecule has 3 aromatic carbocycles. The Hall–Kier alpha value is -2.74. The number of furan rings is 1. The Bertz CT molecular complexity index is 1310. The second-order valence-corrected chi connectivity index (χ2v) is 8.07. The van der Waals surface area contributed by atoms with Gasteiger partial charge in [-0.2, -0.15) is 0 Å². The number of nitrogens with zero attached hydrogens (tertiary/aromatic N) is 1. The van der Waals surface area contributed by atoms with Crippen LogP contribution in [0.5, 0.6) is 0 Å². The number of hydrogen-bond donors (Lipinski definition) is 0. The van der Waals surface area contributed by atoms with E-state index in [1.165, 1.54) is 70.2 Å². The highest BCUT2D eigenvalue weighted by molar-refractivity contribution is 6.21. The molecule has 0 bridgehead atoms. The van der Waals surface area contributed by atoms with Crippen molar-refractivity contribution in [3.05, 3.63) is 60.2 Å². The van der Waals surface area contributed by atoms with Crippen LogP contribution in [0.25, 0.3) is 43.7 Å². The van der Waals surface area contributed by atoms with Crippen molar-refractivity contribution in [2.45, 2.75) is 38.0 Å². The molecule has 0 radical (unpaired) electrons. The summed E-state index contributed by atoms with van der Waals surface area (Å²) in [6.45, 7) is 0. The lowest BCUT2D eigenvalue weighted by atomic mass is 9.83. The molecule has 27 heavy (non-hydrogen) atoms. The maximum atomic E-state index is 6.34. The molecule has 1 fully saturated rings. The number of hydrogen-bond acceptors (Lipinski definition) is 1. The molecule has 0 spiro atoms. The third kappa shape index (κ3) is 2.07. The predicted octanol–water partition coefficient (Wildman–Crippen LogP) is 7.28. The van der Waals surface area contributed by atoms with Crippen molar-refractivity contribution in [1.29, 1.82) is 0 Å². The van der Waals surface area contributed by atoms with Crippen molar-refractivity contribution < 1.29 is 4.42 Å². The minimum atomic E-state index is 0.691. The van der Waals surface area contributed by atoms with E-state index >= 15 is 0 Å². The standard InChI is InChI=1S/C25H23NO/c1-26-23-17(16-8-3-2-4-9-16)11-7-12-19(23)20-14-15-21-18-10-5-6-13-22(18)27-25(21)24(20)26/h5-7,10-16H,2-4,8-9H2,1H3. The molecule has 2 heteroatoms. The SMILES string of the molecule is Cn1c2c(C3CCCCC3)cccc2c2ccc3c4ccccc4oc3c21. The van der Waals surface area contributed by atoms with Crippen LogP contribution in [0.1, 0.15) is 43.6 Å². The summed E-state index contributed by atoms with van der Waals surface area (Å²) in [6.07, 6.45) is 6.75. The van der Waals surface area contributed by atoms with Crippen LogP contribution in [-0.4, -0.2) is 4.57 Å². The molecule has 2 aromatic heterocycles. The lowest BCUT2D eigenvalue weighted by Crippen LogP contribution is -2.06. The minimum Gasteiger partial charge on any atom is -0.454 e. The van der Waals surface area contributed by atoms with Gasteiger partial charge in [0.15, 0.2) is 5.58 Å². The first-order valence-corrected chi connectivity index (χ1v) is 10.1. The Kier molecular flexibility index (Phi) is 3.19. The summed E-state index contributed by atoms with van der Waals surface area (Å²) >= 11 is 0. The molecule has 6 rings (SSSR count). The Morgan fingerprint density at radius 2 is 1.48 bits per heavy atom. The van der Waals surface area contributed by atoms with Crippen LogP contribution >= 0.6 is 0 Å². The molecule has 0 amide bonds. The zero-order chi connectivity index (χ0) is 18.0. The van der Waals surface area contributed by atoms with Gasteiger partial charge in [-0.15, -0.1) is 0 Å². The highest BCUT2D eigenvalue weighted by atomic mass is 16.3. The maximum absolute atomic E-state index is 6.34. The van der Waals surface area contributed by atoms with E-state index in [2.05, 4.69) is 60.1 Å². The van der Waals surface area contributed by atoms with E-state index in [0.717, 1.165) is 11.2 Å². The summed E-state index contributed by atoms with van der Waals surface area (Å²) in [5.41, 5.74) is 6.13. The Morgan fingerprint density at radius 3 is 2.37 bits per heavy atom. The largest absolute Gasteiger partial charge is 0.454 e. The third-order valence-electron chi connectivity index (χ3n) is 6.59. The monoisotopic (exact) mass is 353 g/mol. The number of fused-ring (bicyclic) bond motifs is 7. The van der Waals surface area contributed by atoms with E-state index < -0.39 is 0 Å². The minimum absolute atomic E-state index is 0.691. The van der Waals surface area contributed by atoms with Gasteiger partial charge in [0, 0.05) is 28.6 Å². The van der Waals surface area contributed by atoms with Crippen molar-refractivity contribution in [2.75, 3.05) is 0 Å². The lowest BCUT2D eigenvalue weighted by Gasteiger charge is -2.23. The molecule has 0 saturated heterocycles. The quantitative estimate of drug-likeness (QED) is 0.310. The van der Waals surface area contributed by atoms with Crippen LogP contribution in [0, 0.1) is 0 Å².